The Labute approximate surface area is 506 Å². The summed E-state index contributed by atoms with van der Waals surface area (Å²) in [7, 11) is -7.46. The molecule has 28 heteroatoms. The number of carbonyl (C=O) groups excluding carboxylic acids is 7. The number of esters is 3. The Balaban J connectivity index is 1.02. The third-order valence-electron chi connectivity index (χ3n) is 12.8. The topological polar surface area (TPSA) is 351 Å². The van der Waals surface area contributed by atoms with Gasteiger partial charge in [0.15, 0.2) is 5.96 Å². The van der Waals surface area contributed by atoms with E-state index in [4.69, 9.17) is 18.9 Å². The number of nitrogens with one attached hydrogen (secondary N) is 8. The van der Waals surface area contributed by atoms with E-state index in [1.807, 2.05) is 4.68 Å². The molecule has 8 N–H and O–H groups in total. The van der Waals surface area contributed by atoms with Crippen LogP contribution in [0, 0.1) is 0 Å². The zero-order valence-electron chi connectivity index (χ0n) is 49.7. The number of hydrogen-bond donors (Lipinski definition) is 8. The lowest BCUT2D eigenvalue weighted by molar-refractivity contribution is -0.156. The predicted molar refractivity (Wildman–Crippen MR) is 321 cm³/mol. The number of benzene rings is 4. The van der Waals surface area contributed by atoms with Crippen LogP contribution in [0.1, 0.15) is 96.0 Å². The Morgan fingerprint density at radius 1 is 0.690 bits per heavy atom. The van der Waals surface area contributed by atoms with E-state index < -0.39 is 97.6 Å². The van der Waals surface area contributed by atoms with Crippen LogP contribution in [0.4, 0.5) is 4.79 Å². The highest BCUT2D eigenvalue weighted by Gasteiger charge is 2.31. The third-order valence-corrected chi connectivity index (χ3v) is 15.8. The molecule has 5 aromatic rings. The molecule has 0 saturated carbocycles. The third kappa shape index (κ3) is 22.1. The second kappa shape index (κ2) is 31.3. The standard InChI is InChI=1S/C59H77N11O15S2/c1-58(2,3)84-50(71)27-24-46(67-54(75)47(25-28-51(72)85-59(4,5)6)68-57(77)83-38-39-13-9-8-10-14-39)53(74)60-32-33-66-86(78,79)44-20-15-40(16-21-44)41-17-22-45(23-18-41)87(80,81)69-48(55(76)82-7)37-64-52(73)42-19-26-49-43(35-42)36-65-70(49)34-12-31-63-56-61-29-11-30-62-56/h8-10,13-23,26,35-36,46-48,66,69H,11-12,24-25,27-34,37-38H2,1-7H3,(H,60,74)(H,64,73)(H,67,75)(H,68,77)(H2,61,62,63)/t46-,47-,48-/m0/s1. The molecule has 0 saturated heterocycles. The molecular formula is C59H77N11O15S2. The second-order valence-corrected chi connectivity index (χ2v) is 25.6. The van der Waals surface area contributed by atoms with E-state index in [2.05, 4.69) is 51.4 Å². The van der Waals surface area contributed by atoms with Crippen LogP contribution < -0.4 is 41.3 Å². The summed E-state index contributed by atoms with van der Waals surface area (Å²) in [6.45, 7) is 11.8. The highest BCUT2D eigenvalue weighted by atomic mass is 32.2. The second-order valence-electron chi connectivity index (χ2n) is 22.1. The van der Waals surface area contributed by atoms with Crippen LogP contribution >= 0.6 is 0 Å². The smallest absolute Gasteiger partial charge is 0.408 e. The SMILES string of the molecule is COC(=O)[C@H](CNC(=O)c1ccc2c(cnn2CCCNC2=NCCCN2)c1)NS(=O)(=O)c1ccc(-c2ccc(S(=O)(=O)NCCNC(=O)[C@H](CCC(=O)OC(C)(C)C)NC(=O)[C@H](CCC(=O)OC(C)(C)C)NC(=O)OCc3ccccc3)cc2)cc1. The van der Waals surface area contributed by atoms with Crippen molar-refractivity contribution in [1.82, 2.24) is 51.1 Å². The van der Waals surface area contributed by atoms with Crippen molar-refractivity contribution in [3.8, 4) is 11.1 Å². The van der Waals surface area contributed by atoms with Gasteiger partial charge in [-0.05, 0) is 126 Å². The molecule has 2 heterocycles. The number of aryl methyl sites for hydroxylation is 1. The average Bonchev–Trinajstić information content (AvgIpc) is 3.07. The predicted octanol–water partition coefficient (Wildman–Crippen LogP) is 3.70. The van der Waals surface area contributed by atoms with E-state index in [0.717, 1.165) is 44.5 Å². The first-order valence-corrected chi connectivity index (χ1v) is 31.2. The number of nitrogens with zero attached hydrogens (tertiary/aromatic N) is 3. The van der Waals surface area contributed by atoms with Gasteiger partial charge in [0.05, 0.1) is 28.6 Å². The number of rotatable bonds is 29. The van der Waals surface area contributed by atoms with E-state index >= 15 is 0 Å². The summed E-state index contributed by atoms with van der Waals surface area (Å²) in [6, 6.07) is 20.6. The van der Waals surface area contributed by atoms with Gasteiger partial charge in [0.25, 0.3) is 5.91 Å². The molecule has 6 rings (SSSR count). The fourth-order valence-electron chi connectivity index (χ4n) is 8.62. The number of ether oxygens (including phenoxy) is 4. The van der Waals surface area contributed by atoms with Gasteiger partial charge in [-0.1, -0.05) is 54.6 Å². The fourth-order valence-corrected chi connectivity index (χ4v) is 10.8. The summed E-state index contributed by atoms with van der Waals surface area (Å²) in [5.41, 5.74) is 1.07. The quantitative estimate of drug-likeness (QED) is 0.0192. The molecule has 0 bridgehead atoms. The molecular weight excluding hydrogens is 1170 g/mol. The Hall–Kier alpha value is -8.47. The monoisotopic (exact) mass is 1240 g/mol. The van der Waals surface area contributed by atoms with Crippen molar-refractivity contribution in [3.63, 3.8) is 0 Å². The van der Waals surface area contributed by atoms with Crippen LogP contribution in [-0.2, 0) is 76.1 Å². The normalized spacial score (nSPS) is 13.8. The van der Waals surface area contributed by atoms with Crippen LogP contribution in [0.3, 0.4) is 0 Å². The molecule has 26 nitrogen and oxygen atoms in total. The number of fused-ring (bicyclic) bond motifs is 1. The van der Waals surface area contributed by atoms with Gasteiger partial charge in [-0.3, -0.25) is 38.4 Å². The molecule has 0 spiro atoms. The lowest BCUT2D eigenvalue weighted by atomic mass is 10.1. The van der Waals surface area contributed by atoms with Crippen molar-refractivity contribution in [2.24, 2.45) is 4.99 Å². The van der Waals surface area contributed by atoms with Crippen LogP contribution in [0.5, 0.6) is 0 Å². The Morgan fingerprint density at radius 3 is 1.89 bits per heavy atom. The van der Waals surface area contributed by atoms with Gasteiger partial charge in [0.1, 0.15) is 35.9 Å². The average molecular weight is 1240 g/mol. The van der Waals surface area contributed by atoms with Gasteiger partial charge < -0.3 is 50.8 Å². The summed E-state index contributed by atoms with van der Waals surface area (Å²) in [4.78, 5) is 96.1. The number of methoxy groups -OCH3 is 1. The first kappa shape index (κ1) is 67.7. The van der Waals surface area contributed by atoms with Crippen LogP contribution in [0.15, 0.2) is 118 Å². The molecule has 1 aromatic heterocycles. The summed E-state index contributed by atoms with van der Waals surface area (Å²) < 4.78 is 81.5. The van der Waals surface area contributed by atoms with E-state index in [-0.39, 0.29) is 60.7 Å². The first-order valence-electron chi connectivity index (χ1n) is 28.2. The van der Waals surface area contributed by atoms with Crippen molar-refractivity contribution in [2.75, 3.05) is 46.4 Å². The molecule has 0 radical (unpaired) electrons. The van der Waals surface area contributed by atoms with E-state index in [1.165, 1.54) is 48.5 Å². The summed E-state index contributed by atoms with van der Waals surface area (Å²) in [6.07, 6.45) is 1.29. The summed E-state index contributed by atoms with van der Waals surface area (Å²) in [5.74, 6) is -3.74. The summed E-state index contributed by atoms with van der Waals surface area (Å²) >= 11 is 0. The van der Waals surface area contributed by atoms with Gasteiger partial charge in [-0.25, -0.2) is 26.4 Å². The molecule has 4 aromatic carbocycles. The Bertz CT molecular complexity index is 3460. The number of carbonyl (C=O) groups is 7. The Morgan fingerprint density at radius 2 is 1.30 bits per heavy atom. The summed E-state index contributed by atoms with van der Waals surface area (Å²) in [5, 5.41) is 21.8. The molecule has 1 aliphatic rings. The van der Waals surface area contributed by atoms with E-state index in [0.29, 0.717) is 35.2 Å². The maximum Gasteiger partial charge on any atom is 0.408 e. The maximum absolute atomic E-state index is 13.9. The Kier molecular flexibility index (Phi) is 24.3. The van der Waals surface area contributed by atoms with Crippen molar-refractivity contribution in [1.29, 1.82) is 0 Å². The van der Waals surface area contributed by atoms with Gasteiger partial charge in [0, 0.05) is 69.6 Å². The lowest BCUT2D eigenvalue weighted by Gasteiger charge is -2.24. The first-order chi connectivity index (χ1) is 41.2. The fraction of sp³-hybridized carbons (Fsp3) is 0.441. The van der Waals surface area contributed by atoms with Crippen molar-refractivity contribution < 1.29 is 69.3 Å². The number of sulfonamides is 2. The van der Waals surface area contributed by atoms with Gasteiger partial charge in [-0.2, -0.15) is 9.82 Å². The van der Waals surface area contributed by atoms with Crippen molar-refractivity contribution >= 4 is 78.6 Å². The van der Waals surface area contributed by atoms with Crippen molar-refractivity contribution in [3.05, 3.63) is 114 Å². The number of amides is 4. The highest BCUT2D eigenvalue weighted by Crippen LogP contribution is 2.24. The zero-order valence-corrected chi connectivity index (χ0v) is 51.4. The molecule has 87 heavy (non-hydrogen) atoms. The van der Waals surface area contributed by atoms with E-state index in [9.17, 15) is 50.4 Å². The number of aliphatic imine (C=N–C) groups is 1. The number of alkyl carbamates (subject to hydrolysis) is 1. The number of guanidine groups is 1. The van der Waals surface area contributed by atoms with Gasteiger partial charge >= 0.3 is 24.0 Å². The van der Waals surface area contributed by atoms with Gasteiger partial charge in [-0.15, -0.1) is 0 Å². The molecule has 4 amide bonds. The molecule has 470 valence electrons. The van der Waals surface area contributed by atoms with Crippen LogP contribution in [0.2, 0.25) is 0 Å². The molecule has 1 aliphatic heterocycles. The minimum Gasteiger partial charge on any atom is -0.468 e. The van der Waals surface area contributed by atoms with E-state index in [1.54, 1.807) is 96.3 Å². The minimum atomic E-state index is -4.37. The van der Waals surface area contributed by atoms with Crippen LogP contribution in [0.25, 0.3) is 22.0 Å². The minimum absolute atomic E-state index is 0.132. The number of aromatic nitrogens is 2. The lowest BCUT2D eigenvalue weighted by Crippen LogP contribution is -2.54. The zero-order chi connectivity index (χ0) is 63.4. The maximum atomic E-state index is 13.9. The number of hydrogen-bond acceptors (Lipinski definition) is 19. The molecule has 0 fully saturated rings. The molecule has 3 atom stereocenters. The molecule has 0 aliphatic carbocycles. The molecule has 0 unspecified atom stereocenters. The van der Waals surface area contributed by atoms with Gasteiger partial charge in [0.2, 0.25) is 31.9 Å². The largest absolute Gasteiger partial charge is 0.468 e. The van der Waals surface area contributed by atoms with Crippen LogP contribution in [-0.4, -0.2) is 150 Å². The van der Waals surface area contributed by atoms with Crippen molar-refractivity contribution in [2.45, 2.75) is 132 Å². The highest BCUT2D eigenvalue weighted by molar-refractivity contribution is 7.89.